The van der Waals surface area contributed by atoms with Gasteiger partial charge >= 0.3 is 0 Å². The Morgan fingerprint density at radius 2 is 1.68 bits per heavy atom. The van der Waals surface area contributed by atoms with Gasteiger partial charge in [0.2, 0.25) is 0 Å². The number of ketones is 1. The molecule has 0 spiro atoms. The summed E-state index contributed by atoms with van der Waals surface area (Å²) in [7, 11) is 4.19. The fourth-order valence-electron chi connectivity index (χ4n) is 3.35. The van der Waals surface area contributed by atoms with Crippen LogP contribution in [0.4, 0.5) is 5.69 Å². The van der Waals surface area contributed by atoms with E-state index in [0.29, 0.717) is 28.0 Å². The number of unbranched alkanes of at least 4 members (excludes halogenated alkanes) is 5. The van der Waals surface area contributed by atoms with E-state index in [4.69, 9.17) is 4.42 Å². The molecule has 0 aliphatic heterocycles. The van der Waals surface area contributed by atoms with Crippen LogP contribution < -0.4 is 17.7 Å². The zero-order valence-electron chi connectivity index (χ0n) is 18.9. The minimum atomic E-state index is -0.110. The Labute approximate surface area is 192 Å². The molecule has 0 saturated carbocycles. The molecular formula is C25H35ClN2O3. The molecule has 0 radical (unpaired) electrons. The van der Waals surface area contributed by atoms with Crippen molar-refractivity contribution in [3.8, 4) is 0 Å². The number of carbonyl (C=O) groups is 2. The predicted octanol–water partition coefficient (Wildman–Crippen LogP) is 2.56. The van der Waals surface area contributed by atoms with E-state index >= 15 is 0 Å². The number of likely N-dealkylation sites (N-methyl/N-ethyl adjacent to an activating group) is 1. The number of allylic oxidation sites excluding steroid dienone is 1. The molecule has 1 N–H and O–H groups in total. The molecule has 1 amide bonds. The summed E-state index contributed by atoms with van der Waals surface area (Å²) in [5.74, 6) is 0.512. The molecule has 0 aliphatic rings. The summed E-state index contributed by atoms with van der Waals surface area (Å²) >= 11 is 0. The van der Waals surface area contributed by atoms with Crippen LogP contribution in [0.5, 0.6) is 0 Å². The largest absolute Gasteiger partial charge is 1.00 e. The monoisotopic (exact) mass is 446 g/mol. The zero-order chi connectivity index (χ0) is 21.8. The fourth-order valence-corrected chi connectivity index (χ4v) is 3.35. The average molecular weight is 447 g/mol. The number of amides is 1. The van der Waals surface area contributed by atoms with Gasteiger partial charge in [0.25, 0.3) is 5.91 Å². The van der Waals surface area contributed by atoms with Gasteiger partial charge in [0.15, 0.2) is 12.3 Å². The van der Waals surface area contributed by atoms with E-state index in [1.165, 1.54) is 38.2 Å². The molecule has 2 rings (SSSR count). The Kier molecular flexibility index (Phi) is 11.9. The molecule has 1 aromatic carbocycles. The third kappa shape index (κ3) is 10.5. The lowest BCUT2D eigenvalue weighted by Crippen LogP contribution is -3.00. The van der Waals surface area contributed by atoms with E-state index in [9.17, 15) is 9.59 Å². The lowest BCUT2D eigenvalue weighted by molar-refractivity contribution is -0.882. The Balaban J connectivity index is 0.00000480. The minimum absolute atomic E-state index is 0. The zero-order valence-corrected chi connectivity index (χ0v) is 19.7. The molecule has 0 fully saturated rings. The molecule has 2 aromatic rings. The van der Waals surface area contributed by atoms with Gasteiger partial charge in [-0.25, -0.2) is 0 Å². The maximum absolute atomic E-state index is 12.4. The molecule has 1 heterocycles. The lowest BCUT2D eigenvalue weighted by atomic mass is 10.1. The number of carbonyl (C=O) groups excluding carboxylic acids is 2. The Bertz CT molecular complexity index is 812. The smallest absolute Gasteiger partial charge is 0.279 e. The second-order valence-electron chi connectivity index (χ2n) is 8.42. The van der Waals surface area contributed by atoms with Gasteiger partial charge in [-0.2, -0.15) is 0 Å². The van der Waals surface area contributed by atoms with Gasteiger partial charge in [-0.05, 0) is 61.4 Å². The van der Waals surface area contributed by atoms with Gasteiger partial charge in [-0.3, -0.25) is 9.59 Å². The predicted molar refractivity (Wildman–Crippen MR) is 122 cm³/mol. The molecule has 31 heavy (non-hydrogen) atoms. The number of anilines is 1. The maximum atomic E-state index is 12.4. The summed E-state index contributed by atoms with van der Waals surface area (Å²) < 4.78 is 5.86. The number of halogens is 1. The van der Waals surface area contributed by atoms with Crippen molar-refractivity contribution in [1.82, 2.24) is 0 Å². The second kappa shape index (κ2) is 13.8. The SMILES string of the molecule is CCCCCCCC[N+](C)(C)CC(=O)Nc1ccc(C(=O)/C=C/c2ccco2)cc1.[Cl-]. The summed E-state index contributed by atoms with van der Waals surface area (Å²) in [5.41, 5.74) is 1.26. The van der Waals surface area contributed by atoms with Crippen LogP contribution in [0.15, 0.2) is 53.2 Å². The molecule has 0 saturated heterocycles. The third-order valence-corrected chi connectivity index (χ3v) is 5.08. The van der Waals surface area contributed by atoms with Crippen molar-refractivity contribution in [3.63, 3.8) is 0 Å². The first-order chi connectivity index (χ1) is 14.4. The van der Waals surface area contributed by atoms with Crippen molar-refractivity contribution >= 4 is 23.5 Å². The first-order valence-electron chi connectivity index (χ1n) is 10.9. The second-order valence-corrected chi connectivity index (χ2v) is 8.42. The number of hydrogen-bond acceptors (Lipinski definition) is 3. The summed E-state index contributed by atoms with van der Waals surface area (Å²) in [4.78, 5) is 24.7. The molecule has 1 aromatic heterocycles. The minimum Gasteiger partial charge on any atom is -1.00 e. The summed E-state index contributed by atoms with van der Waals surface area (Å²) in [6.07, 6.45) is 12.2. The Morgan fingerprint density at radius 1 is 1.00 bits per heavy atom. The lowest BCUT2D eigenvalue weighted by Gasteiger charge is -2.29. The van der Waals surface area contributed by atoms with Crippen LogP contribution >= 0.6 is 0 Å². The van der Waals surface area contributed by atoms with Crippen LogP contribution in [0.25, 0.3) is 6.08 Å². The van der Waals surface area contributed by atoms with Gasteiger partial charge in [0, 0.05) is 11.3 Å². The Morgan fingerprint density at radius 3 is 2.32 bits per heavy atom. The van der Waals surface area contributed by atoms with Gasteiger partial charge in [-0.1, -0.05) is 32.6 Å². The molecule has 0 atom stereocenters. The number of nitrogens with one attached hydrogen (secondary N) is 1. The van der Waals surface area contributed by atoms with E-state index in [0.717, 1.165) is 13.0 Å². The maximum Gasteiger partial charge on any atom is 0.279 e. The van der Waals surface area contributed by atoms with Crippen LogP contribution in [0.3, 0.4) is 0 Å². The molecule has 0 bridgehead atoms. The number of quaternary nitrogens is 1. The van der Waals surface area contributed by atoms with Crippen molar-refractivity contribution in [2.75, 3.05) is 32.5 Å². The van der Waals surface area contributed by atoms with Crippen molar-refractivity contribution in [2.45, 2.75) is 45.4 Å². The van der Waals surface area contributed by atoms with Crippen LogP contribution in [0, 0.1) is 0 Å². The molecule has 170 valence electrons. The molecule has 0 unspecified atom stereocenters. The van der Waals surface area contributed by atoms with E-state index in [-0.39, 0.29) is 24.1 Å². The quantitative estimate of drug-likeness (QED) is 0.222. The van der Waals surface area contributed by atoms with Crippen LogP contribution in [0.1, 0.15) is 61.6 Å². The topological polar surface area (TPSA) is 59.3 Å². The van der Waals surface area contributed by atoms with E-state index in [1.54, 1.807) is 48.7 Å². The van der Waals surface area contributed by atoms with Crippen molar-refractivity contribution in [1.29, 1.82) is 0 Å². The normalized spacial score (nSPS) is 11.3. The highest BCUT2D eigenvalue weighted by Crippen LogP contribution is 2.13. The van der Waals surface area contributed by atoms with Gasteiger partial charge < -0.3 is 26.6 Å². The van der Waals surface area contributed by atoms with Crippen molar-refractivity contribution in [2.24, 2.45) is 0 Å². The fraction of sp³-hybridized carbons (Fsp3) is 0.440. The average Bonchev–Trinajstić information content (AvgIpc) is 3.22. The van der Waals surface area contributed by atoms with Crippen molar-refractivity contribution in [3.05, 3.63) is 60.1 Å². The molecule has 0 aliphatic carbocycles. The van der Waals surface area contributed by atoms with Crippen LogP contribution in [-0.4, -0.2) is 43.4 Å². The first-order valence-corrected chi connectivity index (χ1v) is 10.9. The number of furan rings is 1. The van der Waals surface area contributed by atoms with E-state index < -0.39 is 0 Å². The number of hydrogen-bond donors (Lipinski definition) is 1. The van der Waals surface area contributed by atoms with Crippen LogP contribution in [-0.2, 0) is 4.79 Å². The number of benzene rings is 1. The highest BCUT2D eigenvalue weighted by molar-refractivity contribution is 6.07. The summed E-state index contributed by atoms with van der Waals surface area (Å²) in [6.45, 7) is 3.65. The highest BCUT2D eigenvalue weighted by atomic mass is 35.5. The van der Waals surface area contributed by atoms with Gasteiger partial charge in [0.1, 0.15) is 5.76 Å². The van der Waals surface area contributed by atoms with Crippen LogP contribution in [0.2, 0.25) is 0 Å². The van der Waals surface area contributed by atoms with Gasteiger partial charge in [-0.15, -0.1) is 0 Å². The number of nitrogens with zero attached hydrogens (tertiary/aromatic N) is 1. The molecule has 6 heteroatoms. The number of rotatable bonds is 13. The highest BCUT2D eigenvalue weighted by Gasteiger charge is 2.19. The third-order valence-electron chi connectivity index (χ3n) is 5.08. The van der Waals surface area contributed by atoms with Crippen molar-refractivity contribution < 1.29 is 30.9 Å². The van der Waals surface area contributed by atoms with E-state index in [2.05, 4.69) is 26.3 Å². The standard InChI is InChI=1S/C25H34N2O3.ClH/c1-4-5-6-7-8-9-18-27(2,3)20-25(29)26-22-14-12-21(13-15-22)24(28)17-16-23-11-10-19-30-23;/h10-17,19H,4-9,18,20H2,1-3H3;1H/b17-16+;. The van der Waals surface area contributed by atoms with Gasteiger partial charge in [0.05, 0.1) is 26.9 Å². The van der Waals surface area contributed by atoms with E-state index in [1.807, 2.05) is 0 Å². The Hall–Kier alpha value is -2.37. The summed E-state index contributed by atoms with van der Waals surface area (Å²) in [6, 6.07) is 10.5. The molecule has 5 nitrogen and oxygen atoms in total. The summed E-state index contributed by atoms with van der Waals surface area (Å²) in [5, 5.41) is 2.94. The first kappa shape index (κ1) is 26.7. The molecular weight excluding hydrogens is 412 g/mol.